The van der Waals surface area contributed by atoms with Crippen molar-refractivity contribution in [3.63, 3.8) is 0 Å². The maximum Gasteiger partial charge on any atom is 0.328 e. The Morgan fingerprint density at radius 2 is 2.08 bits per heavy atom. The van der Waals surface area contributed by atoms with Crippen molar-refractivity contribution in [1.29, 1.82) is 0 Å². The molecule has 0 N–H and O–H groups in total. The summed E-state index contributed by atoms with van der Waals surface area (Å²) in [4.78, 5) is 24.8. The molecule has 1 unspecified atom stereocenters. The zero-order chi connectivity index (χ0) is 19.5. The van der Waals surface area contributed by atoms with E-state index in [4.69, 9.17) is 9.47 Å². The second-order valence-electron chi connectivity index (χ2n) is 7.37. The number of halogens is 1. The van der Waals surface area contributed by atoms with E-state index in [2.05, 4.69) is 40.7 Å². The standard InChI is InChI=1S/C17H26BrN3O4Si/c1-6-25-17(23)12(2)20-10-13(18)15-14(20)9-19-21(16(15)22)11-24-7-8-26(3,4)5/h9-10,12H,6-8,11H2,1-5H3. The first-order chi connectivity index (χ1) is 12.2. The Balaban J connectivity index is 2.25. The van der Waals surface area contributed by atoms with Crippen LogP contribution in [0.3, 0.4) is 0 Å². The molecule has 0 amide bonds. The summed E-state index contributed by atoms with van der Waals surface area (Å²) < 4.78 is 14.3. The van der Waals surface area contributed by atoms with Crippen LogP contribution in [0.5, 0.6) is 0 Å². The van der Waals surface area contributed by atoms with Gasteiger partial charge in [-0.05, 0) is 35.8 Å². The largest absolute Gasteiger partial charge is 0.464 e. The Hall–Kier alpha value is -1.45. The average molecular weight is 444 g/mol. The molecule has 1 atom stereocenters. The molecule has 0 aliphatic rings. The molecule has 2 aromatic heterocycles. The first-order valence-electron chi connectivity index (χ1n) is 8.66. The topological polar surface area (TPSA) is 75.3 Å². The SMILES string of the molecule is CCOC(=O)C(C)n1cc(Br)c2c(=O)n(COCC[Si](C)(C)C)ncc21. The van der Waals surface area contributed by atoms with Gasteiger partial charge < -0.3 is 14.0 Å². The molecular weight excluding hydrogens is 418 g/mol. The lowest BCUT2D eigenvalue weighted by atomic mass is 10.3. The van der Waals surface area contributed by atoms with Crippen molar-refractivity contribution in [3.05, 3.63) is 27.2 Å². The molecule has 0 spiro atoms. The zero-order valence-electron chi connectivity index (χ0n) is 15.9. The molecule has 0 bridgehead atoms. The minimum atomic E-state index is -1.18. The van der Waals surface area contributed by atoms with Crippen LogP contribution >= 0.6 is 15.9 Å². The number of esters is 1. The molecule has 7 nitrogen and oxygen atoms in total. The first kappa shape index (κ1) is 20.9. The van der Waals surface area contributed by atoms with Crippen LogP contribution in [-0.4, -0.2) is 41.6 Å². The van der Waals surface area contributed by atoms with Crippen molar-refractivity contribution in [2.45, 2.75) is 52.3 Å². The summed E-state index contributed by atoms with van der Waals surface area (Å²) >= 11 is 3.42. The van der Waals surface area contributed by atoms with Gasteiger partial charge in [0.2, 0.25) is 0 Å². The normalized spacial score (nSPS) is 13.2. The highest BCUT2D eigenvalue weighted by Gasteiger charge is 2.22. The van der Waals surface area contributed by atoms with E-state index in [-0.39, 0.29) is 18.3 Å². The number of ether oxygens (including phenoxy) is 2. The van der Waals surface area contributed by atoms with E-state index in [1.54, 1.807) is 30.8 Å². The highest BCUT2D eigenvalue weighted by atomic mass is 79.9. The predicted octanol–water partition coefficient (Wildman–Crippen LogP) is 3.40. The minimum absolute atomic E-state index is 0.115. The molecule has 26 heavy (non-hydrogen) atoms. The Kier molecular flexibility index (Phi) is 6.81. The van der Waals surface area contributed by atoms with Crippen molar-refractivity contribution in [3.8, 4) is 0 Å². The third-order valence-electron chi connectivity index (χ3n) is 4.05. The molecule has 0 saturated heterocycles. The fraction of sp³-hybridized carbons (Fsp3) is 0.588. The Morgan fingerprint density at radius 1 is 1.38 bits per heavy atom. The Bertz CT molecular complexity index is 841. The van der Waals surface area contributed by atoms with Gasteiger partial charge in [0.05, 0.1) is 23.7 Å². The lowest BCUT2D eigenvalue weighted by Gasteiger charge is -2.15. The summed E-state index contributed by atoms with van der Waals surface area (Å²) in [6.45, 7) is 11.4. The number of hydrogen-bond acceptors (Lipinski definition) is 5. The van der Waals surface area contributed by atoms with Gasteiger partial charge in [-0.2, -0.15) is 5.10 Å². The van der Waals surface area contributed by atoms with Crippen LogP contribution in [0.4, 0.5) is 0 Å². The van der Waals surface area contributed by atoms with Crippen LogP contribution in [0.25, 0.3) is 10.9 Å². The van der Waals surface area contributed by atoms with E-state index in [0.717, 1.165) is 6.04 Å². The lowest BCUT2D eigenvalue weighted by molar-refractivity contribution is -0.146. The molecule has 0 radical (unpaired) electrons. The Morgan fingerprint density at radius 3 is 2.69 bits per heavy atom. The molecule has 9 heteroatoms. The molecule has 0 aliphatic carbocycles. The molecule has 0 aliphatic heterocycles. The fourth-order valence-corrected chi connectivity index (χ4v) is 3.82. The van der Waals surface area contributed by atoms with Crippen molar-refractivity contribution in [2.24, 2.45) is 0 Å². The lowest BCUT2D eigenvalue weighted by Crippen LogP contribution is -2.26. The molecular formula is C17H26BrN3O4Si. The van der Waals surface area contributed by atoms with Crippen molar-refractivity contribution in [2.75, 3.05) is 13.2 Å². The molecule has 0 saturated carbocycles. The van der Waals surface area contributed by atoms with Gasteiger partial charge in [-0.1, -0.05) is 19.6 Å². The predicted molar refractivity (Wildman–Crippen MR) is 107 cm³/mol. The number of rotatable bonds is 8. The minimum Gasteiger partial charge on any atom is -0.464 e. The number of nitrogens with zero attached hydrogens (tertiary/aromatic N) is 3. The van der Waals surface area contributed by atoms with Crippen LogP contribution in [0.2, 0.25) is 25.7 Å². The Labute approximate surface area is 162 Å². The zero-order valence-corrected chi connectivity index (χ0v) is 18.5. The summed E-state index contributed by atoms with van der Waals surface area (Å²) in [5.41, 5.74) is 0.331. The monoisotopic (exact) mass is 443 g/mol. The van der Waals surface area contributed by atoms with E-state index in [0.29, 0.717) is 28.6 Å². The van der Waals surface area contributed by atoms with Gasteiger partial charge in [-0.3, -0.25) is 4.79 Å². The average Bonchev–Trinajstić information content (AvgIpc) is 2.89. The van der Waals surface area contributed by atoms with Crippen LogP contribution in [0.1, 0.15) is 19.9 Å². The van der Waals surface area contributed by atoms with E-state index in [1.165, 1.54) is 4.68 Å². The van der Waals surface area contributed by atoms with Crippen LogP contribution in [0.15, 0.2) is 21.7 Å². The molecule has 2 rings (SSSR count). The highest BCUT2D eigenvalue weighted by Crippen LogP contribution is 2.26. The number of carbonyl (C=O) groups is 1. The number of fused-ring (bicyclic) bond motifs is 1. The van der Waals surface area contributed by atoms with Crippen LogP contribution < -0.4 is 5.56 Å². The van der Waals surface area contributed by atoms with Gasteiger partial charge in [0.25, 0.3) is 5.56 Å². The third kappa shape index (κ3) is 4.83. The van der Waals surface area contributed by atoms with E-state index >= 15 is 0 Å². The summed E-state index contributed by atoms with van der Waals surface area (Å²) in [5.74, 6) is -0.351. The molecule has 0 aromatic carbocycles. The number of hydrogen-bond donors (Lipinski definition) is 0. The van der Waals surface area contributed by atoms with Crippen molar-refractivity contribution in [1.82, 2.24) is 14.3 Å². The van der Waals surface area contributed by atoms with Gasteiger partial charge in [-0.25, -0.2) is 9.48 Å². The van der Waals surface area contributed by atoms with E-state index < -0.39 is 14.1 Å². The number of aromatic nitrogens is 3. The van der Waals surface area contributed by atoms with Gasteiger partial charge in [0, 0.05) is 25.4 Å². The van der Waals surface area contributed by atoms with Crippen LogP contribution in [-0.2, 0) is 21.0 Å². The quantitative estimate of drug-likeness (QED) is 0.355. The first-order valence-corrected chi connectivity index (χ1v) is 13.2. The van der Waals surface area contributed by atoms with E-state index in [1.807, 2.05) is 0 Å². The summed E-state index contributed by atoms with van der Waals surface area (Å²) in [7, 11) is -1.18. The maximum atomic E-state index is 12.7. The maximum absolute atomic E-state index is 12.7. The molecule has 144 valence electrons. The van der Waals surface area contributed by atoms with E-state index in [9.17, 15) is 9.59 Å². The summed E-state index contributed by atoms with van der Waals surface area (Å²) in [6.07, 6.45) is 3.30. The van der Waals surface area contributed by atoms with Crippen molar-refractivity contribution >= 4 is 40.9 Å². The summed E-state index contributed by atoms with van der Waals surface area (Å²) in [6, 6.07) is 0.481. The van der Waals surface area contributed by atoms with Crippen molar-refractivity contribution < 1.29 is 14.3 Å². The fourth-order valence-electron chi connectivity index (χ4n) is 2.47. The molecule has 2 aromatic rings. The van der Waals surface area contributed by atoms with Gasteiger partial charge in [0.15, 0.2) is 0 Å². The third-order valence-corrected chi connectivity index (χ3v) is 6.35. The number of carbonyl (C=O) groups excluding carboxylic acids is 1. The van der Waals surface area contributed by atoms with Crippen LogP contribution in [0, 0.1) is 0 Å². The second-order valence-corrected chi connectivity index (χ2v) is 13.8. The highest BCUT2D eigenvalue weighted by molar-refractivity contribution is 9.10. The molecule has 0 fully saturated rings. The van der Waals surface area contributed by atoms with Gasteiger partial charge in [-0.15, -0.1) is 0 Å². The van der Waals surface area contributed by atoms with Gasteiger partial charge in [0.1, 0.15) is 12.8 Å². The van der Waals surface area contributed by atoms with Gasteiger partial charge >= 0.3 is 5.97 Å². The smallest absolute Gasteiger partial charge is 0.328 e. The second kappa shape index (κ2) is 8.49. The summed E-state index contributed by atoms with van der Waals surface area (Å²) in [5, 5.41) is 4.68. The molecule has 2 heterocycles.